The molecule has 112 valence electrons. The summed E-state index contributed by atoms with van der Waals surface area (Å²) in [5.41, 5.74) is 0. The van der Waals surface area contributed by atoms with E-state index >= 15 is 0 Å². The smallest absolute Gasteiger partial charge is 0.324 e. The molecule has 0 atom stereocenters. The first kappa shape index (κ1) is 18.1. The van der Waals surface area contributed by atoms with E-state index < -0.39 is 6.03 Å². The topological polar surface area (TPSA) is 67.9 Å². The summed E-state index contributed by atoms with van der Waals surface area (Å²) in [5, 5.41) is 2.29. The van der Waals surface area contributed by atoms with Crippen LogP contribution in [0.25, 0.3) is 0 Å². The number of imide groups is 1. The Labute approximate surface area is 119 Å². The molecule has 0 aromatic carbocycles. The van der Waals surface area contributed by atoms with Crippen molar-refractivity contribution in [2.45, 2.75) is 20.3 Å². The summed E-state index contributed by atoms with van der Waals surface area (Å²) < 4.78 is 10.4. The molecule has 0 fully saturated rings. The maximum Gasteiger partial charge on any atom is 0.324 e. The summed E-state index contributed by atoms with van der Waals surface area (Å²) in [5.74, 6) is -0.186. The summed E-state index contributed by atoms with van der Waals surface area (Å²) >= 11 is 5.44. The van der Waals surface area contributed by atoms with E-state index in [1.807, 2.05) is 13.8 Å². The molecule has 1 N–H and O–H groups in total. The van der Waals surface area contributed by atoms with Gasteiger partial charge in [-0.15, -0.1) is 11.6 Å². The van der Waals surface area contributed by atoms with Crippen LogP contribution in [0, 0.1) is 0 Å². The van der Waals surface area contributed by atoms with Gasteiger partial charge in [-0.1, -0.05) is 0 Å². The number of halogens is 1. The van der Waals surface area contributed by atoms with Crippen LogP contribution in [0.5, 0.6) is 0 Å². The fourth-order valence-corrected chi connectivity index (χ4v) is 1.47. The first-order valence-electron chi connectivity index (χ1n) is 6.45. The monoisotopic (exact) mass is 294 g/mol. The van der Waals surface area contributed by atoms with Crippen molar-refractivity contribution in [3.05, 3.63) is 0 Å². The van der Waals surface area contributed by atoms with Crippen molar-refractivity contribution in [1.82, 2.24) is 10.2 Å². The van der Waals surface area contributed by atoms with Crippen molar-refractivity contribution < 1.29 is 19.1 Å². The lowest BCUT2D eigenvalue weighted by atomic mass is 10.4. The molecule has 0 bridgehead atoms. The van der Waals surface area contributed by atoms with Gasteiger partial charge in [0.05, 0.1) is 13.2 Å². The highest BCUT2D eigenvalue weighted by atomic mass is 35.5. The lowest BCUT2D eigenvalue weighted by molar-refractivity contribution is -0.119. The molecule has 0 aromatic rings. The number of alkyl halides is 1. The van der Waals surface area contributed by atoms with E-state index in [1.54, 1.807) is 0 Å². The van der Waals surface area contributed by atoms with Crippen LogP contribution in [0.3, 0.4) is 0 Å². The van der Waals surface area contributed by atoms with Crippen molar-refractivity contribution in [3.63, 3.8) is 0 Å². The Morgan fingerprint density at radius 3 is 2.05 bits per heavy atom. The molecule has 0 spiro atoms. The highest BCUT2D eigenvalue weighted by Crippen LogP contribution is 1.93. The number of ether oxygens (including phenoxy) is 2. The largest absolute Gasteiger partial charge is 0.380 e. The minimum absolute atomic E-state index is 0.123. The van der Waals surface area contributed by atoms with E-state index in [9.17, 15) is 9.59 Å². The zero-order chi connectivity index (χ0) is 14.5. The van der Waals surface area contributed by atoms with Crippen LogP contribution in [0.4, 0.5) is 4.79 Å². The maximum atomic E-state index is 11.9. The molecule has 0 unspecified atom stereocenters. The predicted molar refractivity (Wildman–Crippen MR) is 73.4 cm³/mol. The van der Waals surface area contributed by atoms with E-state index in [4.69, 9.17) is 21.1 Å². The molecule has 6 nitrogen and oxygen atoms in total. The summed E-state index contributed by atoms with van der Waals surface area (Å²) in [4.78, 5) is 24.7. The summed E-state index contributed by atoms with van der Waals surface area (Å²) in [6.07, 6.45) is 0.123. The van der Waals surface area contributed by atoms with Gasteiger partial charge in [0.15, 0.2) is 0 Å². The third-order valence-corrected chi connectivity index (χ3v) is 2.46. The minimum Gasteiger partial charge on any atom is -0.380 e. The van der Waals surface area contributed by atoms with Crippen molar-refractivity contribution in [2.75, 3.05) is 45.4 Å². The second kappa shape index (κ2) is 12.2. The Morgan fingerprint density at radius 2 is 1.63 bits per heavy atom. The highest BCUT2D eigenvalue weighted by Gasteiger charge is 2.15. The van der Waals surface area contributed by atoms with Crippen LogP contribution in [-0.4, -0.2) is 62.2 Å². The zero-order valence-electron chi connectivity index (χ0n) is 11.6. The van der Waals surface area contributed by atoms with Gasteiger partial charge < -0.3 is 14.4 Å². The van der Waals surface area contributed by atoms with Gasteiger partial charge in [0.2, 0.25) is 5.91 Å². The Bertz CT molecular complexity index is 254. The third kappa shape index (κ3) is 9.69. The van der Waals surface area contributed by atoms with E-state index in [2.05, 4.69) is 5.32 Å². The third-order valence-electron chi connectivity index (χ3n) is 2.27. The molecular formula is C12H23ClN2O4. The predicted octanol–water partition coefficient (Wildman–Crippen LogP) is 1.23. The standard InChI is InChI=1S/C12H23ClN2O4/c1-3-18-9-7-15(8-10-19-4-2)12(17)14-11(16)5-6-13/h3-10H2,1-2H3,(H,14,16,17). The molecule has 3 amide bonds. The van der Waals surface area contributed by atoms with Gasteiger partial charge in [-0.2, -0.15) is 0 Å². The first-order chi connectivity index (χ1) is 9.15. The van der Waals surface area contributed by atoms with Gasteiger partial charge in [-0.05, 0) is 13.8 Å². The summed E-state index contributed by atoms with van der Waals surface area (Å²) in [6.45, 7) is 6.64. The average molecular weight is 295 g/mol. The lowest BCUT2D eigenvalue weighted by Crippen LogP contribution is -2.45. The number of carbonyl (C=O) groups excluding carboxylic acids is 2. The van der Waals surface area contributed by atoms with Gasteiger partial charge in [-0.25, -0.2) is 4.79 Å². The summed E-state index contributed by atoms with van der Waals surface area (Å²) in [7, 11) is 0. The number of urea groups is 1. The molecular weight excluding hydrogens is 272 g/mol. The molecule has 0 heterocycles. The van der Waals surface area contributed by atoms with Gasteiger partial charge >= 0.3 is 6.03 Å². The molecule has 0 aliphatic heterocycles. The molecule has 0 aliphatic carbocycles. The molecule has 7 heteroatoms. The van der Waals surface area contributed by atoms with E-state index in [0.29, 0.717) is 39.5 Å². The number of carbonyl (C=O) groups is 2. The lowest BCUT2D eigenvalue weighted by Gasteiger charge is -2.22. The Morgan fingerprint density at radius 1 is 1.11 bits per heavy atom. The molecule has 0 aromatic heterocycles. The van der Waals surface area contributed by atoms with Crippen molar-refractivity contribution in [2.24, 2.45) is 0 Å². The Balaban J connectivity index is 4.18. The SMILES string of the molecule is CCOCCN(CCOCC)C(=O)NC(=O)CCCl. The van der Waals surface area contributed by atoms with Gasteiger partial charge in [0.1, 0.15) is 0 Å². The van der Waals surface area contributed by atoms with Crippen LogP contribution in [0.15, 0.2) is 0 Å². The van der Waals surface area contributed by atoms with E-state index in [1.165, 1.54) is 4.90 Å². The molecule has 19 heavy (non-hydrogen) atoms. The molecule has 0 saturated carbocycles. The molecule has 0 saturated heterocycles. The number of hydrogen-bond acceptors (Lipinski definition) is 4. The quantitative estimate of drug-likeness (QED) is 0.486. The Kier molecular flexibility index (Phi) is 11.7. The number of nitrogens with one attached hydrogen (secondary N) is 1. The number of amides is 3. The number of hydrogen-bond donors (Lipinski definition) is 1. The number of rotatable bonds is 10. The van der Waals surface area contributed by atoms with Crippen molar-refractivity contribution >= 4 is 23.5 Å². The molecule has 0 aliphatic rings. The minimum atomic E-state index is -0.436. The maximum absolute atomic E-state index is 11.9. The van der Waals surface area contributed by atoms with Crippen molar-refractivity contribution in [1.29, 1.82) is 0 Å². The summed E-state index contributed by atoms with van der Waals surface area (Å²) in [6, 6.07) is -0.436. The van der Waals surface area contributed by atoms with E-state index in [-0.39, 0.29) is 18.2 Å². The van der Waals surface area contributed by atoms with Crippen LogP contribution >= 0.6 is 11.6 Å². The van der Waals surface area contributed by atoms with Crippen LogP contribution in [0.2, 0.25) is 0 Å². The van der Waals surface area contributed by atoms with Gasteiger partial charge in [-0.3, -0.25) is 10.1 Å². The van der Waals surface area contributed by atoms with E-state index in [0.717, 1.165) is 0 Å². The van der Waals surface area contributed by atoms with Gasteiger partial charge in [0, 0.05) is 38.6 Å². The normalized spacial score (nSPS) is 10.3. The highest BCUT2D eigenvalue weighted by molar-refractivity contribution is 6.19. The van der Waals surface area contributed by atoms with Gasteiger partial charge in [0.25, 0.3) is 0 Å². The van der Waals surface area contributed by atoms with Crippen LogP contribution in [0.1, 0.15) is 20.3 Å². The van der Waals surface area contributed by atoms with Crippen LogP contribution < -0.4 is 5.32 Å². The second-order valence-electron chi connectivity index (χ2n) is 3.67. The first-order valence-corrected chi connectivity index (χ1v) is 6.99. The fraction of sp³-hybridized carbons (Fsp3) is 0.833. The van der Waals surface area contributed by atoms with Crippen LogP contribution in [-0.2, 0) is 14.3 Å². The zero-order valence-corrected chi connectivity index (χ0v) is 12.4. The second-order valence-corrected chi connectivity index (χ2v) is 4.05. The Hall–Kier alpha value is -0.850. The fourth-order valence-electron chi connectivity index (χ4n) is 1.30. The number of nitrogens with zero attached hydrogens (tertiary/aromatic N) is 1. The molecule has 0 rings (SSSR count). The van der Waals surface area contributed by atoms with Crippen molar-refractivity contribution in [3.8, 4) is 0 Å². The average Bonchev–Trinajstić information content (AvgIpc) is 2.37. The molecule has 0 radical (unpaired) electrons.